The lowest BCUT2D eigenvalue weighted by atomic mass is 10.2. The van der Waals surface area contributed by atoms with Crippen LogP contribution in [0, 0.1) is 12.7 Å². The zero-order chi connectivity index (χ0) is 11.5. The molecule has 0 aliphatic carbocycles. The SMILES string of the molecule is CNCc1cnn(-c2ccc(F)cc2C)n1. The van der Waals surface area contributed by atoms with Crippen LogP contribution in [-0.2, 0) is 6.54 Å². The van der Waals surface area contributed by atoms with Crippen LogP contribution in [0.15, 0.2) is 24.4 Å². The van der Waals surface area contributed by atoms with Gasteiger partial charge in [-0.2, -0.15) is 15.0 Å². The van der Waals surface area contributed by atoms with Crippen molar-refractivity contribution in [3.05, 3.63) is 41.5 Å². The third-order valence-electron chi connectivity index (χ3n) is 2.27. The van der Waals surface area contributed by atoms with Crippen molar-refractivity contribution in [2.75, 3.05) is 7.05 Å². The lowest BCUT2D eigenvalue weighted by Crippen LogP contribution is -2.07. The van der Waals surface area contributed by atoms with Crippen LogP contribution in [0.2, 0.25) is 0 Å². The number of aromatic nitrogens is 3. The first-order valence-electron chi connectivity index (χ1n) is 5.03. The fourth-order valence-electron chi connectivity index (χ4n) is 1.52. The van der Waals surface area contributed by atoms with Gasteiger partial charge in [-0.05, 0) is 37.7 Å². The van der Waals surface area contributed by atoms with Crippen LogP contribution < -0.4 is 5.32 Å². The van der Waals surface area contributed by atoms with E-state index in [9.17, 15) is 4.39 Å². The third-order valence-corrected chi connectivity index (χ3v) is 2.27. The number of hydrogen-bond donors (Lipinski definition) is 1. The Bertz CT molecular complexity index is 492. The van der Waals surface area contributed by atoms with Gasteiger partial charge >= 0.3 is 0 Å². The molecule has 16 heavy (non-hydrogen) atoms. The van der Waals surface area contributed by atoms with Crippen LogP contribution in [0.5, 0.6) is 0 Å². The quantitative estimate of drug-likeness (QED) is 0.851. The number of aryl methyl sites for hydroxylation is 1. The number of nitrogens with one attached hydrogen (secondary N) is 1. The average Bonchev–Trinajstić information content (AvgIpc) is 2.67. The van der Waals surface area contributed by atoms with Gasteiger partial charge in [-0.3, -0.25) is 0 Å². The molecule has 0 spiro atoms. The fraction of sp³-hybridized carbons (Fsp3) is 0.273. The number of halogens is 1. The highest BCUT2D eigenvalue weighted by Crippen LogP contribution is 2.13. The highest BCUT2D eigenvalue weighted by Gasteiger charge is 2.05. The molecule has 1 heterocycles. The lowest BCUT2D eigenvalue weighted by Gasteiger charge is -2.03. The van der Waals surface area contributed by atoms with Gasteiger partial charge in [0.2, 0.25) is 0 Å². The predicted octanol–water partition coefficient (Wildman–Crippen LogP) is 1.43. The van der Waals surface area contributed by atoms with Crippen molar-refractivity contribution in [2.24, 2.45) is 0 Å². The standard InChI is InChI=1S/C11H13FN4/c1-8-5-9(12)3-4-11(8)16-14-7-10(15-16)6-13-2/h3-5,7,13H,6H2,1-2H3. The summed E-state index contributed by atoms with van der Waals surface area (Å²) in [5, 5.41) is 11.4. The molecule has 0 bridgehead atoms. The highest BCUT2D eigenvalue weighted by atomic mass is 19.1. The van der Waals surface area contributed by atoms with Gasteiger partial charge in [0.15, 0.2) is 0 Å². The summed E-state index contributed by atoms with van der Waals surface area (Å²) < 4.78 is 12.9. The third kappa shape index (κ3) is 2.09. The van der Waals surface area contributed by atoms with Crippen LogP contribution >= 0.6 is 0 Å². The summed E-state index contributed by atoms with van der Waals surface area (Å²) in [6.07, 6.45) is 1.69. The molecule has 84 valence electrons. The Morgan fingerprint density at radius 1 is 1.44 bits per heavy atom. The summed E-state index contributed by atoms with van der Waals surface area (Å²) in [6.45, 7) is 2.50. The maximum atomic E-state index is 12.9. The molecule has 0 unspecified atom stereocenters. The van der Waals surface area contributed by atoms with E-state index in [-0.39, 0.29) is 5.82 Å². The second kappa shape index (κ2) is 4.40. The van der Waals surface area contributed by atoms with Crippen LogP contribution in [0.4, 0.5) is 4.39 Å². The molecule has 5 heteroatoms. The number of rotatable bonds is 3. The van der Waals surface area contributed by atoms with Crippen molar-refractivity contribution in [1.29, 1.82) is 0 Å². The van der Waals surface area contributed by atoms with E-state index in [1.807, 2.05) is 14.0 Å². The minimum Gasteiger partial charge on any atom is -0.314 e. The molecule has 4 nitrogen and oxygen atoms in total. The highest BCUT2D eigenvalue weighted by molar-refractivity contribution is 5.38. The fourth-order valence-corrected chi connectivity index (χ4v) is 1.52. The Hall–Kier alpha value is -1.75. The lowest BCUT2D eigenvalue weighted by molar-refractivity contribution is 0.624. The van der Waals surface area contributed by atoms with Gasteiger partial charge in [-0.25, -0.2) is 4.39 Å². The summed E-state index contributed by atoms with van der Waals surface area (Å²) in [5.41, 5.74) is 2.46. The number of benzene rings is 1. The predicted molar refractivity (Wildman–Crippen MR) is 58.8 cm³/mol. The van der Waals surface area contributed by atoms with Gasteiger partial charge in [0, 0.05) is 6.54 Å². The van der Waals surface area contributed by atoms with E-state index in [2.05, 4.69) is 15.5 Å². The Balaban J connectivity index is 2.35. The van der Waals surface area contributed by atoms with E-state index < -0.39 is 0 Å². The molecule has 1 aromatic carbocycles. The number of nitrogens with zero attached hydrogens (tertiary/aromatic N) is 3. The molecule has 0 saturated carbocycles. The molecule has 1 N–H and O–H groups in total. The van der Waals surface area contributed by atoms with Gasteiger partial charge in [-0.1, -0.05) is 0 Å². The van der Waals surface area contributed by atoms with Gasteiger partial charge in [0.25, 0.3) is 0 Å². The average molecular weight is 220 g/mol. The molecule has 0 atom stereocenters. The Morgan fingerprint density at radius 2 is 2.25 bits per heavy atom. The summed E-state index contributed by atoms with van der Waals surface area (Å²) in [4.78, 5) is 1.52. The molecule has 0 radical (unpaired) electrons. The zero-order valence-electron chi connectivity index (χ0n) is 9.24. The summed E-state index contributed by atoms with van der Waals surface area (Å²) in [5.74, 6) is -0.246. The molecule has 0 aliphatic heterocycles. The van der Waals surface area contributed by atoms with Crippen molar-refractivity contribution in [3.63, 3.8) is 0 Å². The molecular formula is C11H13FN4. The molecular weight excluding hydrogens is 207 g/mol. The van der Waals surface area contributed by atoms with Crippen molar-refractivity contribution in [2.45, 2.75) is 13.5 Å². The first-order valence-corrected chi connectivity index (χ1v) is 5.03. The smallest absolute Gasteiger partial charge is 0.123 e. The maximum absolute atomic E-state index is 12.9. The monoisotopic (exact) mass is 220 g/mol. The molecule has 2 aromatic rings. The van der Waals surface area contributed by atoms with Crippen molar-refractivity contribution >= 4 is 0 Å². The van der Waals surface area contributed by atoms with E-state index in [0.29, 0.717) is 6.54 Å². The van der Waals surface area contributed by atoms with Gasteiger partial charge in [-0.15, -0.1) is 0 Å². The van der Waals surface area contributed by atoms with E-state index in [0.717, 1.165) is 16.9 Å². The van der Waals surface area contributed by atoms with Gasteiger partial charge in [0.1, 0.15) is 5.82 Å². The van der Waals surface area contributed by atoms with E-state index in [1.54, 1.807) is 12.3 Å². The van der Waals surface area contributed by atoms with E-state index in [1.165, 1.54) is 16.9 Å². The largest absolute Gasteiger partial charge is 0.314 e. The Kier molecular flexibility index (Phi) is 2.96. The molecule has 1 aromatic heterocycles. The minimum absolute atomic E-state index is 0.246. The zero-order valence-corrected chi connectivity index (χ0v) is 9.24. The van der Waals surface area contributed by atoms with Gasteiger partial charge < -0.3 is 5.32 Å². The van der Waals surface area contributed by atoms with Crippen LogP contribution in [0.3, 0.4) is 0 Å². The summed E-state index contributed by atoms with van der Waals surface area (Å²) in [7, 11) is 1.85. The van der Waals surface area contributed by atoms with Crippen molar-refractivity contribution in [1.82, 2.24) is 20.3 Å². The summed E-state index contributed by atoms with van der Waals surface area (Å²) >= 11 is 0. The molecule has 0 fully saturated rings. The number of hydrogen-bond acceptors (Lipinski definition) is 3. The van der Waals surface area contributed by atoms with E-state index in [4.69, 9.17) is 0 Å². The van der Waals surface area contributed by atoms with Crippen LogP contribution in [-0.4, -0.2) is 22.0 Å². The topological polar surface area (TPSA) is 42.7 Å². The Labute approximate surface area is 93.1 Å². The first-order chi connectivity index (χ1) is 7.70. The summed E-state index contributed by atoms with van der Waals surface area (Å²) in [6, 6.07) is 4.55. The molecule has 2 rings (SSSR count). The molecule has 0 amide bonds. The normalized spacial score (nSPS) is 10.7. The molecule has 0 aliphatic rings. The van der Waals surface area contributed by atoms with E-state index >= 15 is 0 Å². The maximum Gasteiger partial charge on any atom is 0.123 e. The minimum atomic E-state index is -0.246. The second-order valence-electron chi connectivity index (χ2n) is 3.59. The van der Waals surface area contributed by atoms with Crippen LogP contribution in [0.25, 0.3) is 5.69 Å². The molecule has 0 saturated heterocycles. The Morgan fingerprint density at radius 3 is 2.94 bits per heavy atom. The van der Waals surface area contributed by atoms with Crippen LogP contribution in [0.1, 0.15) is 11.3 Å². The van der Waals surface area contributed by atoms with Crippen molar-refractivity contribution < 1.29 is 4.39 Å². The first kappa shape index (κ1) is 10.8. The van der Waals surface area contributed by atoms with Gasteiger partial charge in [0.05, 0.1) is 17.6 Å². The van der Waals surface area contributed by atoms with Crippen molar-refractivity contribution in [3.8, 4) is 5.69 Å². The second-order valence-corrected chi connectivity index (χ2v) is 3.59.